The van der Waals surface area contributed by atoms with Crippen LogP contribution in [0.5, 0.6) is 0 Å². The molecule has 0 bridgehead atoms. The van der Waals surface area contributed by atoms with Crippen LogP contribution >= 0.6 is 11.6 Å². The second-order valence-corrected chi connectivity index (χ2v) is 7.33. The highest BCUT2D eigenvalue weighted by Gasteiger charge is 2.39. The standard InChI is InChI=1S/C21H18ClF3N4O/c1-2-16-26-27-19-18(13-7-4-3-5-8-13)29(12-11-28(16)19)20(30)14-9-6-10-15(17(14)22)21(23,24)25/h3-10,18H,2,11-12H2,1H3. The highest BCUT2D eigenvalue weighted by molar-refractivity contribution is 6.34. The summed E-state index contributed by atoms with van der Waals surface area (Å²) in [7, 11) is 0. The molecule has 0 saturated carbocycles. The van der Waals surface area contributed by atoms with Gasteiger partial charge >= 0.3 is 6.18 Å². The zero-order valence-electron chi connectivity index (χ0n) is 16.0. The largest absolute Gasteiger partial charge is 0.417 e. The molecule has 1 aliphatic heterocycles. The summed E-state index contributed by atoms with van der Waals surface area (Å²) >= 11 is 6.03. The average molecular weight is 435 g/mol. The Morgan fingerprint density at radius 2 is 1.83 bits per heavy atom. The minimum Gasteiger partial charge on any atom is -0.322 e. The zero-order chi connectivity index (χ0) is 21.5. The van der Waals surface area contributed by atoms with Crippen LogP contribution in [0.15, 0.2) is 48.5 Å². The molecule has 0 N–H and O–H groups in total. The van der Waals surface area contributed by atoms with Gasteiger partial charge in [0, 0.05) is 19.5 Å². The first-order chi connectivity index (χ1) is 14.3. The lowest BCUT2D eigenvalue weighted by Crippen LogP contribution is -2.43. The lowest BCUT2D eigenvalue weighted by molar-refractivity contribution is -0.137. The van der Waals surface area contributed by atoms with Gasteiger partial charge < -0.3 is 9.47 Å². The number of benzene rings is 2. The maximum Gasteiger partial charge on any atom is 0.417 e. The molecular formula is C21H18ClF3N4O. The molecule has 1 amide bonds. The number of carbonyl (C=O) groups is 1. The quantitative estimate of drug-likeness (QED) is 0.597. The number of fused-ring (bicyclic) bond motifs is 1. The number of rotatable bonds is 3. The van der Waals surface area contributed by atoms with Crippen LogP contribution in [0.2, 0.25) is 5.02 Å². The molecule has 0 spiro atoms. The Kier molecular flexibility index (Phi) is 5.27. The van der Waals surface area contributed by atoms with E-state index in [4.69, 9.17) is 11.6 Å². The van der Waals surface area contributed by atoms with Gasteiger partial charge in [-0.2, -0.15) is 13.2 Å². The predicted octanol–water partition coefficient (Wildman–Crippen LogP) is 4.76. The summed E-state index contributed by atoms with van der Waals surface area (Å²) < 4.78 is 41.8. The van der Waals surface area contributed by atoms with Gasteiger partial charge in [-0.3, -0.25) is 4.79 Å². The molecule has 5 nitrogen and oxygen atoms in total. The molecule has 0 saturated heterocycles. The van der Waals surface area contributed by atoms with Crippen LogP contribution in [-0.4, -0.2) is 32.1 Å². The molecule has 0 fully saturated rings. The van der Waals surface area contributed by atoms with Gasteiger partial charge in [-0.05, 0) is 17.7 Å². The van der Waals surface area contributed by atoms with Gasteiger partial charge in [0.2, 0.25) is 0 Å². The molecular weight excluding hydrogens is 417 g/mol. The highest BCUT2D eigenvalue weighted by atomic mass is 35.5. The summed E-state index contributed by atoms with van der Waals surface area (Å²) in [5, 5.41) is 7.93. The first kappa shape index (κ1) is 20.4. The predicted molar refractivity (Wildman–Crippen MR) is 105 cm³/mol. The van der Waals surface area contributed by atoms with Crippen LogP contribution in [-0.2, 0) is 19.1 Å². The number of amides is 1. The van der Waals surface area contributed by atoms with Crippen molar-refractivity contribution in [2.45, 2.75) is 32.1 Å². The third-order valence-corrected chi connectivity index (χ3v) is 5.61. The maximum atomic E-state index is 13.4. The van der Waals surface area contributed by atoms with Crippen molar-refractivity contribution in [1.29, 1.82) is 0 Å². The molecule has 1 atom stereocenters. The number of halogens is 4. The van der Waals surface area contributed by atoms with Crippen molar-refractivity contribution in [3.63, 3.8) is 0 Å². The van der Waals surface area contributed by atoms with E-state index in [0.717, 1.165) is 17.5 Å². The molecule has 2 heterocycles. The highest BCUT2D eigenvalue weighted by Crippen LogP contribution is 2.38. The number of hydrogen-bond acceptors (Lipinski definition) is 3. The van der Waals surface area contributed by atoms with Crippen molar-refractivity contribution in [1.82, 2.24) is 19.7 Å². The van der Waals surface area contributed by atoms with E-state index in [9.17, 15) is 18.0 Å². The summed E-state index contributed by atoms with van der Waals surface area (Å²) in [5.41, 5.74) is -0.416. The maximum absolute atomic E-state index is 13.4. The van der Waals surface area contributed by atoms with Crippen molar-refractivity contribution in [3.05, 3.63) is 81.9 Å². The van der Waals surface area contributed by atoms with E-state index in [1.54, 1.807) is 0 Å². The van der Waals surface area contributed by atoms with Crippen molar-refractivity contribution in [3.8, 4) is 0 Å². The minimum absolute atomic E-state index is 0.184. The molecule has 30 heavy (non-hydrogen) atoms. The van der Waals surface area contributed by atoms with Gasteiger partial charge in [-0.1, -0.05) is 54.9 Å². The van der Waals surface area contributed by atoms with Crippen molar-refractivity contribution >= 4 is 17.5 Å². The van der Waals surface area contributed by atoms with Crippen molar-refractivity contribution in [2.75, 3.05) is 6.54 Å². The van der Waals surface area contributed by atoms with Crippen LogP contribution in [0.25, 0.3) is 0 Å². The van der Waals surface area contributed by atoms with Crippen LogP contribution in [0.3, 0.4) is 0 Å². The zero-order valence-corrected chi connectivity index (χ0v) is 16.8. The number of nitrogens with zero attached hydrogens (tertiary/aromatic N) is 4. The molecule has 2 aromatic carbocycles. The van der Waals surface area contributed by atoms with Gasteiger partial charge in [0.1, 0.15) is 11.9 Å². The normalized spacial score (nSPS) is 16.4. The number of aryl methyl sites for hydroxylation is 1. The average Bonchev–Trinajstić information content (AvgIpc) is 3.15. The Morgan fingerprint density at radius 1 is 1.10 bits per heavy atom. The molecule has 9 heteroatoms. The van der Waals surface area contributed by atoms with Crippen LogP contribution < -0.4 is 0 Å². The first-order valence-corrected chi connectivity index (χ1v) is 9.84. The van der Waals surface area contributed by atoms with Gasteiger partial charge in [-0.25, -0.2) is 0 Å². The van der Waals surface area contributed by atoms with E-state index in [2.05, 4.69) is 10.2 Å². The van der Waals surface area contributed by atoms with E-state index in [0.29, 0.717) is 25.3 Å². The Labute approximate surface area is 176 Å². The second kappa shape index (κ2) is 7.75. The summed E-state index contributed by atoms with van der Waals surface area (Å²) in [6.07, 6.45) is -3.97. The lowest BCUT2D eigenvalue weighted by Gasteiger charge is -2.36. The summed E-state index contributed by atoms with van der Waals surface area (Å²) in [6, 6.07) is 12.0. The molecule has 3 aromatic rings. The fraction of sp³-hybridized carbons (Fsp3) is 0.286. The van der Waals surface area contributed by atoms with Crippen molar-refractivity contribution < 1.29 is 18.0 Å². The van der Waals surface area contributed by atoms with E-state index >= 15 is 0 Å². The van der Waals surface area contributed by atoms with E-state index in [-0.39, 0.29) is 5.56 Å². The fourth-order valence-corrected chi connectivity index (χ4v) is 4.10. The number of carbonyl (C=O) groups excluding carboxylic acids is 1. The van der Waals surface area contributed by atoms with E-state index in [1.165, 1.54) is 17.0 Å². The van der Waals surface area contributed by atoms with Gasteiger partial charge in [-0.15, -0.1) is 10.2 Å². The molecule has 1 unspecified atom stereocenters. The van der Waals surface area contributed by atoms with Gasteiger partial charge in [0.25, 0.3) is 5.91 Å². The molecule has 4 rings (SSSR count). The molecule has 1 aromatic heterocycles. The number of hydrogen-bond donors (Lipinski definition) is 0. The number of alkyl halides is 3. The molecule has 156 valence electrons. The topological polar surface area (TPSA) is 51.0 Å². The third kappa shape index (κ3) is 3.45. The van der Waals surface area contributed by atoms with E-state index in [1.807, 2.05) is 41.8 Å². The monoisotopic (exact) mass is 434 g/mol. The second-order valence-electron chi connectivity index (χ2n) is 6.96. The lowest BCUT2D eigenvalue weighted by atomic mass is 10.0. The Hall–Kier alpha value is -2.87. The smallest absolute Gasteiger partial charge is 0.322 e. The summed E-state index contributed by atoms with van der Waals surface area (Å²) in [6.45, 7) is 2.72. The number of aromatic nitrogens is 3. The molecule has 0 radical (unpaired) electrons. The Bertz CT molecular complexity index is 1080. The first-order valence-electron chi connectivity index (χ1n) is 9.46. The van der Waals surface area contributed by atoms with Gasteiger partial charge in [0.05, 0.1) is 16.1 Å². The summed E-state index contributed by atoms with van der Waals surface area (Å²) in [5.74, 6) is 0.808. The molecule has 1 aliphatic rings. The third-order valence-electron chi connectivity index (χ3n) is 5.20. The van der Waals surface area contributed by atoms with Gasteiger partial charge in [0.15, 0.2) is 5.82 Å². The Morgan fingerprint density at radius 3 is 2.50 bits per heavy atom. The minimum atomic E-state index is -4.65. The van der Waals surface area contributed by atoms with Crippen LogP contribution in [0.1, 0.15) is 46.1 Å². The van der Waals surface area contributed by atoms with E-state index < -0.39 is 28.7 Å². The SMILES string of the molecule is CCc1nnc2n1CCN(C(=O)c1cccc(C(F)(F)F)c1Cl)C2c1ccccc1. The van der Waals surface area contributed by atoms with Crippen LogP contribution in [0, 0.1) is 0 Å². The van der Waals surface area contributed by atoms with Crippen molar-refractivity contribution in [2.24, 2.45) is 0 Å². The van der Waals surface area contributed by atoms with Crippen LogP contribution in [0.4, 0.5) is 13.2 Å². The summed E-state index contributed by atoms with van der Waals surface area (Å²) in [4.78, 5) is 14.9. The molecule has 0 aliphatic carbocycles. The Balaban J connectivity index is 1.81. The fourth-order valence-electron chi connectivity index (χ4n) is 3.79.